The number of aromatic nitrogens is 2. The van der Waals surface area contributed by atoms with Crippen LogP contribution in [0.2, 0.25) is 0 Å². The first-order valence-corrected chi connectivity index (χ1v) is 9.30. The van der Waals surface area contributed by atoms with Crippen LogP contribution in [0.25, 0.3) is 0 Å². The topological polar surface area (TPSA) is 75.2 Å². The van der Waals surface area contributed by atoms with Gasteiger partial charge in [-0.25, -0.2) is 0 Å². The number of nitrogens with one attached hydrogen (secondary N) is 1. The lowest BCUT2D eigenvalue weighted by atomic mass is 10.00. The van der Waals surface area contributed by atoms with Gasteiger partial charge in [0.2, 0.25) is 0 Å². The van der Waals surface area contributed by atoms with E-state index in [0.29, 0.717) is 29.0 Å². The van der Waals surface area contributed by atoms with Crippen molar-refractivity contribution in [3.63, 3.8) is 0 Å². The van der Waals surface area contributed by atoms with E-state index in [4.69, 9.17) is 9.84 Å². The van der Waals surface area contributed by atoms with Gasteiger partial charge in [-0.3, -0.25) is 9.89 Å². The number of ether oxygens (including phenoxy) is 1. The Balaban J connectivity index is 1.90. The number of benzene rings is 2. The van der Waals surface area contributed by atoms with E-state index in [-0.39, 0.29) is 6.42 Å². The van der Waals surface area contributed by atoms with Crippen molar-refractivity contribution >= 4 is 5.97 Å². The summed E-state index contributed by atoms with van der Waals surface area (Å²) in [4.78, 5) is 10.8. The first kappa shape index (κ1) is 21.4. The van der Waals surface area contributed by atoms with Crippen LogP contribution in [0.3, 0.4) is 0 Å². The second-order valence-electron chi connectivity index (χ2n) is 7.03. The van der Waals surface area contributed by atoms with Gasteiger partial charge in [0.1, 0.15) is 5.75 Å². The minimum atomic E-state index is -4.41. The van der Waals surface area contributed by atoms with Crippen LogP contribution >= 0.6 is 0 Å². The van der Waals surface area contributed by atoms with Crippen LogP contribution in [0.4, 0.5) is 13.2 Å². The highest BCUT2D eigenvalue weighted by atomic mass is 19.4. The molecule has 0 aliphatic heterocycles. The van der Waals surface area contributed by atoms with Gasteiger partial charge >= 0.3 is 12.1 Å². The molecule has 158 valence electrons. The summed E-state index contributed by atoms with van der Waals surface area (Å²) in [6.45, 7) is 3.65. The van der Waals surface area contributed by atoms with E-state index >= 15 is 0 Å². The first-order valence-electron chi connectivity index (χ1n) is 9.30. The number of carbonyl (C=O) groups is 1. The van der Waals surface area contributed by atoms with Crippen LogP contribution < -0.4 is 4.74 Å². The first-order chi connectivity index (χ1) is 14.1. The van der Waals surface area contributed by atoms with Crippen LogP contribution in [0.1, 0.15) is 46.0 Å². The maximum absolute atomic E-state index is 12.9. The van der Waals surface area contributed by atoms with Crippen LogP contribution in [-0.4, -0.2) is 21.3 Å². The number of H-pyrrole nitrogens is 1. The number of hydrogen-bond donors (Lipinski definition) is 2. The highest BCUT2D eigenvalue weighted by Crippen LogP contribution is 2.34. The van der Waals surface area contributed by atoms with Crippen molar-refractivity contribution in [3.05, 3.63) is 82.2 Å². The van der Waals surface area contributed by atoms with Gasteiger partial charge in [-0.15, -0.1) is 0 Å². The number of hydrogen-bond acceptors (Lipinski definition) is 3. The Labute approximate surface area is 171 Å². The fraction of sp³-hybridized carbons (Fsp3) is 0.273. The van der Waals surface area contributed by atoms with Crippen molar-refractivity contribution in [1.82, 2.24) is 10.2 Å². The van der Waals surface area contributed by atoms with Gasteiger partial charge in [0, 0.05) is 18.2 Å². The lowest BCUT2D eigenvalue weighted by molar-refractivity contribution is -0.138. The largest absolute Gasteiger partial charge is 0.481 e. The van der Waals surface area contributed by atoms with Crippen LogP contribution in [0, 0.1) is 13.8 Å². The molecule has 5 nitrogen and oxygen atoms in total. The number of carboxylic acids is 1. The number of halogens is 3. The van der Waals surface area contributed by atoms with Crippen LogP contribution in [-0.2, 0) is 17.4 Å². The Hall–Kier alpha value is -3.29. The summed E-state index contributed by atoms with van der Waals surface area (Å²) >= 11 is 0. The van der Waals surface area contributed by atoms with E-state index in [9.17, 15) is 18.0 Å². The lowest BCUT2D eigenvalue weighted by Crippen LogP contribution is -2.12. The Morgan fingerprint density at radius 2 is 1.87 bits per heavy atom. The molecule has 1 unspecified atom stereocenters. The molecule has 2 aromatic carbocycles. The molecule has 3 rings (SSSR count). The predicted molar refractivity (Wildman–Crippen MR) is 104 cm³/mol. The second-order valence-corrected chi connectivity index (χ2v) is 7.03. The highest BCUT2D eigenvalue weighted by molar-refractivity contribution is 5.67. The molecule has 1 aromatic heterocycles. The lowest BCUT2D eigenvalue weighted by Gasteiger charge is -2.21. The molecule has 0 saturated carbocycles. The summed E-state index contributed by atoms with van der Waals surface area (Å²) < 4.78 is 44.9. The summed E-state index contributed by atoms with van der Waals surface area (Å²) in [6.07, 6.45) is -2.97. The molecule has 0 saturated heterocycles. The van der Waals surface area contributed by atoms with E-state index in [1.807, 2.05) is 6.92 Å². The molecule has 2 N–H and O–H groups in total. The van der Waals surface area contributed by atoms with Crippen LogP contribution in [0.5, 0.6) is 5.75 Å². The van der Waals surface area contributed by atoms with Crippen molar-refractivity contribution in [3.8, 4) is 5.75 Å². The molecule has 3 aromatic rings. The monoisotopic (exact) mass is 418 g/mol. The smallest absolute Gasteiger partial charge is 0.416 e. The molecule has 0 amide bonds. The SMILES string of the molecule is Cc1cc(OC(c2ccc(C(F)(F)F)cc2)c2c[nH]nc2C)ccc1CCC(=O)O. The van der Waals surface area contributed by atoms with Crippen molar-refractivity contribution in [2.45, 2.75) is 39.0 Å². The van der Waals surface area contributed by atoms with E-state index in [1.54, 1.807) is 31.3 Å². The minimum Gasteiger partial charge on any atom is -0.481 e. The zero-order valence-electron chi connectivity index (χ0n) is 16.5. The van der Waals surface area contributed by atoms with Gasteiger partial charge < -0.3 is 9.84 Å². The molecule has 0 spiro atoms. The summed E-state index contributed by atoms with van der Waals surface area (Å²) in [6, 6.07) is 10.2. The Kier molecular flexibility index (Phi) is 6.14. The van der Waals surface area contributed by atoms with Gasteiger partial charge in [-0.1, -0.05) is 18.2 Å². The quantitative estimate of drug-likeness (QED) is 0.551. The van der Waals surface area contributed by atoms with Crippen molar-refractivity contribution in [1.29, 1.82) is 0 Å². The van der Waals surface area contributed by atoms with E-state index in [1.165, 1.54) is 12.1 Å². The molecule has 0 fully saturated rings. The Bertz CT molecular complexity index is 1030. The number of aromatic amines is 1. The second kappa shape index (κ2) is 8.61. The van der Waals surface area contributed by atoms with Gasteiger partial charge in [-0.2, -0.15) is 18.3 Å². The molecule has 0 bridgehead atoms. The summed E-state index contributed by atoms with van der Waals surface area (Å²) in [5, 5.41) is 15.7. The number of rotatable bonds is 7. The molecule has 1 atom stereocenters. The third-order valence-corrected chi connectivity index (χ3v) is 4.87. The standard InChI is InChI=1S/C22H21F3N2O3/c1-13-11-18(9-5-15(13)6-10-20(28)29)30-21(19-12-26-27-14(19)2)16-3-7-17(8-4-16)22(23,24)25/h3-5,7-9,11-12,21H,6,10H2,1-2H3,(H,26,27)(H,28,29). The third kappa shape index (κ3) is 5.00. The number of carboxylic acid groups (broad SMARTS) is 1. The zero-order valence-corrected chi connectivity index (χ0v) is 16.5. The van der Waals surface area contributed by atoms with Crippen molar-refractivity contribution in [2.75, 3.05) is 0 Å². The van der Waals surface area contributed by atoms with Gasteiger partial charge in [0.15, 0.2) is 6.10 Å². The number of aryl methyl sites for hydroxylation is 3. The number of alkyl halides is 3. The Morgan fingerprint density at radius 1 is 1.17 bits per heavy atom. The van der Waals surface area contributed by atoms with Crippen molar-refractivity contribution in [2.24, 2.45) is 0 Å². The zero-order chi connectivity index (χ0) is 21.9. The fourth-order valence-corrected chi connectivity index (χ4v) is 3.19. The highest BCUT2D eigenvalue weighted by Gasteiger charge is 2.30. The molecule has 0 aliphatic rings. The average molecular weight is 418 g/mol. The molecule has 0 aliphatic carbocycles. The molecule has 30 heavy (non-hydrogen) atoms. The van der Waals surface area contributed by atoms with Crippen molar-refractivity contribution < 1.29 is 27.8 Å². The van der Waals surface area contributed by atoms with Crippen LogP contribution in [0.15, 0.2) is 48.7 Å². The summed E-state index contributed by atoms with van der Waals surface area (Å²) in [7, 11) is 0. The molecular weight excluding hydrogens is 397 g/mol. The maximum Gasteiger partial charge on any atom is 0.416 e. The molecular formula is C22H21F3N2O3. The van der Waals surface area contributed by atoms with E-state index in [2.05, 4.69) is 10.2 Å². The fourth-order valence-electron chi connectivity index (χ4n) is 3.19. The normalized spacial score (nSPS) is 12.6. The van der Waals surface area contributed by atoms with Gasteiger partial charge in [0.05, 0.1) is 11.3 Å². The average Bonchev–Trinajstić information content (AvgIpc) is 3.10. The predicted octanol–water partition coefficient (Wildman–Crippen LogP) is 5.23. The van der Waals surface area contributed by atoms with E-state index in [0.717, 1.165) is 23.3 Å². The summed E-state index contributed by atoms with van der Waals surface area (Å²) in [5.74, 6) is -0.343. The number of aliphatic carboxylic acids is 1. The summed E-state index contributed by atoms with van der Waals surface area (Å²) in [5.41, 5.74) is 2.99. The maximum atomic E-state index is 12.9. The third-order valence-electron chi connectivity index (χ3n) is 4.87. The van der Waals surface area contributed by atoms with Gasteiger partial charge in [0.25, 0.3) is 0 Å². The molecule has 8 heteroatoms. The molecule has 0 radical (unpaired) electrons. The van der Waals surface area contributed by atoms with E-state index < -0.39 is 23.8 Å². The Morgan fingerprint density at radius 3 is 2.40 bits per heavy atom. The van der Waals surface area contributed by atoms with Gasteiger partial charge in [-0.05, 0) is 61.2 Å². The molecule has 1 heterocycles. The minimum absolute atomic E-state index is 0.0312. The number of nitrogens with zero attached hydrogens (tertiary/aromatic N) is 1.